The molecule has 0 amide bonds. The molecule has 0 unspecified atom stereocenters. The minimum atomic E-state index is 0.132. The van der Waals surface area contributed by atoms with E-state index in [0.29, 0.717) is 0 Å². The third kappa shape index (κ3) is 6.77. The van der Waals surface area contributed by atoms with Gasteiger partial charge in [-0.05, 0) is 33.3 Å². The summed E-state index contributed by atoms with van der Waals surface area (Å²) in [5.41, 5.74) is 1.21. The van der Waals surface area contributed by atoms with Crippen molar-refractivity contribution in [3.63, 3.8) is 0 Å². The average Bonchev–Trinajstić information content (AvgIpc) is 2.73. The maximum atomic E-state index is 5.53. The van der Waals surface area contributed by atoms with Crippen LogP contribution in [-0.4, -0.2) is 28.5 Å². The number of aromatic nitrogens is 2. The van der Waals surface area contributed by atoms with Crippen LogP contribution in [0.2, 0.25) is 0 Å². The second-order valence-corrected chi connectivity index (χ2v) is 5.64. The average molecular weight is 253 g/mol. The van der Waals surface area contributed by atoms with Crippen molar-refractivity contribution in [2.24, 2.45) is 0 Å². The van der Waals surface area contributed by atoms with Crippen LogP contribution in [0.5, 0.6) is 0 Å². The van der Waals surface area contributed by atoms with E-state index in [1.54, 1.807) is 0 Å². The molecule has 1 aromatic rings. The summed E-state index contributed by atoms with van der Waals surface area (Å²) in [6, 6.07) is 2.06. The predicted molar refractivity (Wildman–Crippen MR) is 74.5 cm³/mol. The number of nitrogens with one attached hydrogen (secondary N) is 1. The zero-order chi connectivity index (χ0) is 13.4. The van der Waals surface area contributed by atoms with Gasteiger partial charge >= 0.3 is 0 Å². The number of ether oxygens (including phenoxy) is 1. The predicted octanol–water partition coefficient (Wildman–Crippen LogP) is 2.59. The molecule has 0 bridgehead atoms. The second-order valence-electron chi connectivity index (χ2n) is 5.64. The maximum absolute atomic E-state index is 5.53. The van der Waals surface area contributed by atoms with Crippen molar-refractivity contribution in [1.29, 1.82) is 0 Å². The van der Waals surface area contributed by atoms with E-state index < -0.39 is 0 Å². The first kappa shape index (κ1) is 15.2. The first-order valence-corrected chi connectivity index (χ1v) is 6.86. The van der Waals surface area contributed by atoms with Crippen molar-refractivity contribution in [3.05, 3.63) is 18.0 Å². The Bertz CT molecular complexity index is 328. The molecule has 0 saturated heterocycles. The van der Waals surface area contributed by atoms with Gasteiger partial charge in [0, 0.05) is 24.9 Å². The Morgan fingerprint density at radius 3 is 2.78 bits per heavy atom. The lowest BCUT2D eigenvalue weighted by Crippen LogP contribution is -2.35. The van der Waals surface area contributed by atoms with E-state index >= 15 is 0 Å². The molecule has 4 nitrogen and oxygen atoms in total. The van der Waals surface area contributed by atoms with Crippen molar-refractivity contribution in [1.82, 2.24) is 15.1 Å². The molecule has 1 rings (SSSR count). The first-order valence-electron chi connectivity index (χ1n) is 6.86. The Balaban J connectivity index is 2.22. The molecule has 0 aliphatic heterocycles. The highest BCUT2D eigenvalue weighted by molar-refractivity contribution is 4.99. The molecule has 0 atom stereocenters. The van der Waals surface area contributed by atoms with Gasteiger partial charge in [-0.3, -0.25) is 4.68 Å². The van der Waals surface area contributed by atoms with Gasteiger partial charge in [0.1, 0.15) is 0 Å². The highest BCUT2D eigenvalue weighted by Gasteiger charge is 2.09. The van der Waals surface area contributed by atoms with E-state index in [4.69, 9.17) is 4.74 Å². The van der Waals surface area contributed by atoms with Crippen LogP contribution in [0.25, 0.3) is 0 Å². The Hall–Kier alpha value is -0.870. The number of hydrogen-bond donors (Lipinski definition) is 1. The molecule has 0 aromatic carbocycles. The fourth-order valence-corrected chi connectivity index (χ4v) is 1.48. The van der Waals surface area contributed by atoms with Gasteiger partial charge in [-0.1, -0.05) is 13.3 Å². The molecular formula is C14H27N3O. The zero-order valence-corrected chi connectivity index (χ0v) is 12.2. The molecule has 18 heavy (non-hydrogen) atoms. The van der Waals surface area contributed by atoms with Gasteiger partial charge in [0.2, 0.25) is 0 Å². The normalized spacial score (nSPS) is 12.0. The fourth-order valence-electron chi connectivity index (χ4n) is 1.48. The van der Waals surface area contributed by atoms with Crippen molar-refractivity contribution in [3.8, 4) is 0 Å². The van der Waals surface area contributed by atoms with Crippen molar-refractivity contribution < 1.29 is 4.74 Å². The zero-order valence-electron chi connectivity index (χ0n) is 12.2. The van der Waals surface area contributed by atoms with Crippen LogP contribution in [0.15, 0.2) is 12.3 Å². The van der Waals surface area contributed by atoms with E-state index in [1.807, 2.05) is 10.9 Å². The Labute approximate surface area is 111 Å². The summed E-state index contributed by atoms with van der Waals surface area (Å²) in [5, 5.41) is 7.93. The van der Waals surface area contributed by atoms with E-state index in [1.165, 1.54) is 6.42 Å². The number of nitrogens with zero attached hydrogens (tertiary/aromatic N) is 2. The first-order chi connectivity index (χ1) is 8.51. The van der Waals surface area contributed by atoms with Gasteiger partial charge in [0.15, 0.2) is 0 Å². The van der Waals surface area contributed by atoms with Crippen LogP contribution >= 0.6 is 0 Å². The standard InChI is InChI=1S/C14H27N3O/c1-5-6-10-18-11-9-17-8-7-13(16-17)12-15-14(2,3)4/h7-8,15H,5-6,9-12H2,1-4H3. The molecule has 1 aromatic heterocycles. The molecule has 0 saturated carbocycles. The quantitative estimate of drug-likeness (QED) is 0.724. The molecule has 0 fully saturated rings. The summed E-state index contributed by atoms with van der Waals surface area (Å²) >= 11 is 0. The van der Waals surface area contributed by atoms with Crippen LogP contribution in [0.3, 0.4) is 0 Å². The SMILES string of the molecule is CCCCOCCn1ccc(CNC(C)(C)C)n1. The Morgan fingerprint density at radius 2 is 2.11 bits per heavy atom. The highest BCUT2D eigenvalue weighted by atomic mass is 16.5. The molecule has 4 heteroatoms. The Morgan fingerprint density at radius 1 is 1.33 bits per heavy atom. The van der Waals surface area contributed by atoms with Crippen LogP contribution < -0.4 is 5.32 Å². The lowest BCUT2D eigenvalue weighted by Gasteiger charge is -2.19. The van der Waals surface area contributed by atoms with Gasteiger partial charge < -0.3 is 10.1 Å². The monoisotopic (exact) mass is 253 g/mol. The van der Waals surface area contributed by atoms with Crippen molar-refractivity contribution >= 4 is 0 Å². The number of rotatable bonds is 8. The molecule has 0 radical (unpaired) electrons. The topological polar surface area (TPSA) is 39.1 Å². The largest absolute Gasteiger partial charge is 0.380 e. The summed E-state index contributed by atoms with van der Waals surface area (Å²) in [4.78, 5) is 0. The van der Waals surface area contributed by atoms with Crippen LogP contribution in [-0.2, 0) is 17.8 Å². The Kier molecular flexibility index (Phi) is 6.36. The van der Waals surface area contributed by atoms with Crippen LogP contribution in [0, 0.1) is 0 Å². The van der Waals surface area contributed by atoms with Gasteiger partial charge in [0.25, 0.3) is 0 Å². The molecule has 0 aliphatic carbocycles. The summed E-state index contributed by atoms with van der Waals surface area (Å²) in [6.45, 7) is 11.9. The van der Waals surface area contributed by atoms with Gasteiger partial charge in [-0.25, -0.2) is 0 Å². The van der Waals surface area contributed by atoms with Crippen molar-refractivity contribution in [2.45, 2.75) is 59.2 Å². The minimum Gasteiger partial charge on any atom is -0.380 e. The summed E-state index contributed by atoms with van der Waals surface area (Å²) in [5.74, 6) is 0. The lowest BCUT2D eigenvalue weighted by molar-refractivity contribution is 0.121. The van der Waals surface area contributed by atoms with E-state index in [9.17, 15) is 0 Å². The summed E-state index contributed by atoms with van der Waals surface area (Å²) < 4.78 is 7.48. The summed E-state index contributed by atoms with van der Waals surface area (Å²) in [7, 11) is 0. The summed E-state index contributed by atoms with van der Waals surface area (Å²) in [6.07, 6.45) is 4.34. The molecule has 1 heterocycles. The minimum absolute atomic E-state index is 0.132. The lowest BCUT2D eigenvalue weighted by atomic mass is 10.1. The maximum Gasteiger partial charge on any atom is 0.0762 e. The fraction of sp³-hybridized carbons (Fsp3) is 0.786. The second kappa shape index (κ2) is 7.54. The third-order valence-corrected chi connectivity index (χ3v) is 2.60. The molecule has 0 aliphatic rings. The smallest absolute Gasteiger partial charge is 0.0762 e. The van der Waals surface area contributed by atoms with Gasteiger partial charge in [-0.15, -0.1) is 0 Å². The van der Waals surface area contributed by atoms with E-state index in [0.717, 1.165) is 38.4 Å². The van der Waals surface area contributed by atoms with Crippen molar-refractivity contribution in [2.75, 3.05) is 13.2 Å². The number of hydrogen-bond acceptors (Lipinski definition) is 3. The molecular weight excluding hydrogens is 226 g/mol. The highest BCUT2D eigenvalue weighted by Crippen LogP contribution is 2.02. The van der Waals surface area contributed by atoms with Gasteiger partial charge in [-0.2, -0.15) is 5.10 Å². The van der Waals surface area contributed by atoms with E-state index in [-0.39, 0.29) is 5.54 Å². The number of unbranched alkanes of at least 4 members (excludes halogenated alkanes) is 1. The third-order valence-electron chi connectivity index (χ3n) is 2.60. The molecule has 104 valence electrons. The van der Waals surface area contributed by atoms with Crippen LogP contribution in [0.1, 0.15) is 46.2 Å². The molecule has 1 N–H and O–H groups in total. The molecule has 0 spiro atoms. The van der Waals surface area contributed by atoms with E-state index in [2.05, 4.69) is 44.2 Å². The van der Waals surface area contributed by atoms with Crippen LogP contribution in [0.4, 0.5) is 0 Å². The van der Waals surface area contributed by atoms with Gasteiger partial charge in [0.05, 0.1) is 18.8 Å².